The summed E-state index contributed by atoms with van der Waals surface area (Å²) in [5.74, 6) is 0. The molecule has 0 unspecified atom stereocenters. The maximum absolute atomic E-state index is 8.46. The second kappa shape index (κ2) is 48.4. The van der Waals surface area contributed by atoms with Crippen molar-refractivity contribution >= 4 is 46.5 Å². The first-order valence-corrected chi connectivity index (χ1v) is 4.24. The van der Waals surface area contributed by atoms with Crippen LogP contribution in [0.4, 0.5) is 0 Å². The normalized spacial score (nSPS) is 2.40. The summed E-state index contributed by atoms with van der Waals surface area (Å²) in [7, 11) is 0. The maximum atomic E-state index is 8.46. The van der Waals surface area contributed by atoms with Gasteiger partial charge in [-0.25, -0.2) is 0 Å². The van der Waals surface area contributed by atoms with Crippen molar-refractivity contribution in [3.8, 4) is 0 Å². The molecule has 0 spiro atoms. The van der Waals surface area contributed by atoms with Gasteiger partial charge >= 0.3 is 96.2 Å². The Morgan fingerprint density at radius 1 is 0.700 bits per heavy atom. The Bertz CT molecular complexity index is 49.7. The van der Waals surface area contributed by atoms with E-state index >= 15 is 0 Å². The molecule has 0 aromatic carbocycles. The summed E-state index contributed by atoms with van der Waals surface area (Å²) >= 11 is -5.25. The molecule has 0 aromatic rings. The predicted octanol–water partition coefficient (Wildman–Crippen LogP) is -5.07. The van der Waals surface area contributed by atoms with E-state index in [-0.39, 0.29) is 25.8 Å². The van der Waals surface area contributed by atoms with E-state index in [1.54, 1.807) is 0 Å². The molecule has 0 amide bonds. The second-order valence-electron chi connectivity index (χ2n) is 0.289. The summed E-state index contributed by atoms with van der Waals surface area (Å²) < 4.78 is 50.8. The van der Waals surface area contributed by atoms with Crippen LogP contribution < -0.4 is 12.5 Å². The van der Waals surface area contributed by atoms with Gasteiger partial charge in [-0.15, -0.1) is 0 Å². The van der Waals surface area contributed by atoms with Gasteiger partial charge in [-0.1, -0.05) is 0 Å². The number of hydrogen-bond acceptors (Lipinski definition) is 6. The smallest absolute Gasteiger partial charge is 3.00 e. The van der Waals surface area contributed by atoms with Crippen LogP contribution in [-0.4, -0.2) is 46.5 Å². The Morgan fingerprint density at radius 2 is 0.700 bits per heavy atom. The van der Waals surface area contributed by atoms with E-state index in [0.29, 0.717) is 0 Å². The van der Waals surface area contributed by atoms with Crippen molar-refractivity contribution in [2.24, 2.45) is 0 Å². The molecule has 0 fully saturated rings. The molecule has 0 heterocycles. The number of hydrogen-bond donors (Lipinski definition) is 0. The van der Waals surface area contributed by atoms with E-state index in [1.807, 2.05) is 0 Å². The Balaban J connectivity index is -0.0000000257. The molecule has 6 nitrogen and oxygen atoms in total. The molecule has 0 N–H and O–H groups in total. The van der Waals surface area contributed by atoms with Crippen molar-refractivity contribution in [3.63, 3.8) is 0 Å². The van der Waals surface area contributed by atoms with Gasteiger partial charge in [0, 0.05) is 0 Å². The van der Waals surface area contributed by atoms with Crippen molar-refractivity contribution in [1.82, 2.24) is 0 Å². The Morgan fingerprint density at radius 3 is 0.700 bits per heavy atom. The molecule has 0 aliphatic carbocycles. The van der Waals surface area contributed by atoms with Gasteiger partial charge in [0.25, 0.3) is 0 Å². The zero-order valence-corrected chi connectivity index (χ0v) is 10.0. The van der Waals surface area contributed by atoms with Crippen molar-refractivity contribution in [2.45, 2.75) is 0 Å². The molecule has 0 radical (unpaired) electrons. The van der Waals surface area contributed by atoms with E-state index in [2.05, 4.69) is 0 Å². The van der Waals surface area contributed by atoms with Crippen LogP contribution in [0.25, 0.3) is 0 Å². The Kier molecular flexibility index (Phi) is 109. The standard InChI is InChI=1S/3Al.6O.Sc/q;;;;;;3*-1;+3. The van der Waals surface area contributed by atoms with Crippen LogP contribution in [0.2, 0.25) is 0 Å². The Labute approximate surface area is 95.2 Å². The molecular formula is Al3O6Sc. The summed E-state index contributed by atoms with van der Waals surface area (Å²) in [6.45, 7) is 0. The van der Waals surface area contributed by atoms with Gasteiger partial charge in [0.05, 0.1) is 0 Å². The van der Waals surface area contributed by atoms with Crippen LogP contribution in [0.15, 0.2) is 0 Å². The molecule has 10 heteroatoms. The van der Waals surface area contributed by atoms with Gasteiger partial charge < -0.3 is 0 Å². The first kappa shape index (κ1) is 22.5. The first-order chi connectivity index (χ1) is 4.24. The zero-order chi connectivity index (χ0) is 8.12. The van der Waals surface area contributed by atoms with Gasteiger partial charge in [0.15, 0.2) is 0 Å². The maximum Gasteiger partial charge on any atom is 3.00 e. The third-order valence-electron chi connectivity index (χ3n) is 0. The van der Waals surface area contributed by atoms with Crippen LogP contribution in [0, 0.1) is 0 Å². The fourth-order valence-corrected chi connectivity index (χ4v) is 0. The Hall–Kier alpha value is 1.27. The molecule has 0 saturated heterocycles. The van der Waals surface area contributed by atoms with Crippen LogP contribution in [0.1, 0.15) is 0 Å². The van der Waals surface area contributed by atoms with Gasteiger partial charge in [0.1, 0.15) is 0 Å². The van der Waals surface area contributed by atoms with E-state index in [0.717, 1.165) is 0 Å². The molecular weight excluding hydrogens is 222 g/mol. The number of rotatable bonds is 0. The average Bonchev–Trinajstić information content (AvgIpc) is 1.70. The van der Waals surface area contributed by atoms with Gasteiger partial charge in [-0.3, -0.25) is 0 Å². The average molecular weight is 222 g/mol. The molecule has 0 aliphatic heterocycles. The minimum absolute atomic E-state index is 0. The van der Waals surface area contributed by atoms with Crippen molar-refractivity contribution in [3.05, 3.63) is 0 Å². The molecule has 0 aromatic heterocycles. The van der Waals surface area contributed by atoms with Gasteiger partial charge in [0.2, 0.25) is 0 Å². The SMILES string of the molecule is [O]=[Al][O-].[O]=[Al][O-].[O]=[Al][O-].[Sc+3]. The fourth-order valence-electron chi connectivity index (χ4n) is 0. The van der Waals surface area contributed by atoms with E-state index in [4.69, 9.17) is 23.9 Å². The van der Waals surface area contributed by atoms with E-state index in [1.165, 1.54) is 0 Å². The zero-order valence-electron chi connectivity index (χ0n) is 4.76. The predicted molar refractivity (Wildman–Crippen MR) is 19.3 cm³/mol. The molecule has 0 aliphatic rings. The largest absolute Gasteiger partial charge is 3.00 e. The summed E-state index contributed by atoms with van der Waals surface area (Å²) in [6, 6.07) is 0. The third-order valence-corrected chi connectivity index (χ3v) is 0. The summed E-state index contributed by atoms with van der Waals surface area (Å²) in [4.78, 5) is 0. The minimum Gasteiger partial charge on any atom is 3.00 e. The molecule has 0 saturated carbocycles. The van der Waals surface area contributed by atoms with Crippen molar-refractivity contribution in [1.29, 1.82) is 0 Å². The molecule has 48 valence electrons. The van der Waals surface area contributed by atoms with Crippen LogP contribution in [0.3, 0.4) is 0 Å². The molecule has 0 atom stereocenters. The fraction of sp³-hybridized carbons (Fsp3) is 0. The van der Waals surface area contributed by atoms with Crippen LogP contribution in [0.5, 0.6) is 0 Å². The summed E-state index contributed by atoms with van der Waals surface area (Å²) in [6.07, 6.45) is 0. The molecule has 10 heavy (non-hydrogen) atoms. The first-order valence-electron chi connectivity index (χ1n) is 1.41. The van der Waals surface area contributed by atoms with Gasteiger partial charge in [-0.2, -0.15) is 0 Å². The minimum atomic E-state index is -1.75. The van der Waals surface area contributed by atoms with Crippen LogP contribution in [-0.2, 0) is 37.3 Å². The summed E-state index contributed by atoms with van der Waals surface area (Å²) in [5.41, 5.74) is 0. The topological polar surface area (TPSA) is 120 Å². The van der Waals surface area contributed by atoms with E-state index < -0.39 is 46.5 Å². The quantitative estimate of drug-likeness (QED) is 0.378. The third kappa shape index (κ3) is 394. The monoisotopic (exact) mass is 222 g/mol. The van der Waals surface area contributed by atoms with Crippen molar-refractivity contribution < 1.29 is 49.7 Å². The molecule has 0 bridgehead atoms. The molecule has 0 rings (SSSR count). The summed E-state index contributed by atoms with van der Waals surface area (Å²) in [5, 5.41) is 0. The van der Waals surface area contributed by atoms with Crippen LogP contribution >= 0.6 is 0 Å². The second-order valence-corrected chi connectivity index (χ2v) is 0.866. The van der Waals surface area contributed by atoms with Crippen molar-refractivity contribution in [2.75, 3.05) is 0 Å². The van der Waals surface area contributed by atoms with Gasteiger partial charge in [-0.05, 0) is 0 Å². The van der Waals surface area contributed by atoms with E-state index in [9.17, 15) is 0 Å².